The number of hydrogen-bond acceptors (Lipinski definition) is 4. The molecule has 1 aliphatic rings. The molecule has 0 unspecified atom stereocenters. The van der Waals surface area contributed by atoms with E-state index in [1.165, 1.54) is 0 Å². The van der Waals surface area contributed by atoms with Gasteiger partial charge in [-0.2, -0.15) is 4.99 Å². The normalized spacial score (nSPS) is 15.5. The number of carbonyl (C=O) groups excluding carboxylic acids is 1. The van der Waals surface area contributed by atoms with Crippen LogP contribution in [0.1, 0.15) is 30.4 Å². The molecule has 22 heavy (non-hydrogen) atoms. The SMILES string of the molecule is O=C=NC1(c2cccc(OCc3ccccc3)c2O)CCC1. The lowest BCUT2D eigenvalue weighted by molar-refractivity contribution is 0.239. The van der Waals surface area contributed by atoms with Crippen molar-refractivity contribution in [3.63, 3.8) is 0 Å². The Balaban J connectivity index is 1.84. The van der Waals surface area contributed by atoms with E-state index in [0.29, 0.717) is 17.9 Å². The van der Waals surface area contributed by atoms with Gasteiger partial charge in [-0.15, -0.1) is 0 Å². The monoisotopic (exact) mass is 295 g/mol. The number of para-hydroxylation sites is 1. The molecule has 112 valence electrons. The lowest BCUT2D eigenvalue weighted by Crippen LogP contribution is -2.32. The molecule has 0 aliphatic heterocycles. The molecule has 4 heteroatoms. The molecular weight excluding hydrogens is 278 g/mol. The molecule has 1 saturated carbocycles. The lowest BCUT2D eigenvalue weighted by Gasteiger charge is -2.37. The smallest absolute Gasteiger partial charge is 0.235 e. The molecular formula is C18H17NO3. The molecule has 2 aromatic carbocycles. The van der Waals surface area contributed by atoms with Gasteiger partial charge in [0.2, 0.25) is 6.08 Å². The minimum Gasteiger partial charge on any atom is -0.504 e. The van der Waals surface area contributed by atoms with Gasteiger partial charge in [0.05, 0.1) is 0 Å². The van der Waals surface area contributed by atoms with Crippen molar-refractivity contribution in [1.29, 1.82) is 0 Å². The van der Waals surface area contributed by atoms with Crippen LogP contribution in [0.2, 0.25) is 0 Å². The maximum atomic E-state index is 10.7. The largest absolute Gasteiger partial charge is 0.504 e. The third-order valence-corrected chi connectivity index (χ3v) is 4.18. The van der Waals surface area contributed by atoms with Gasteiger partial charge in [-0.25, -0.2) is 4.79 Å². The average molecular weight is 295 g/mol. The Morgan fingerprint density at radius 1 is 1.14 bits per heavy atom. The zero-order valence-electron chi connectivity index (χ0n) is 12.2. The summed E-state index contributed by atoms with van der Waals surface area (Å²) < 4.78 is 5.72. The molecule has 0 radical (unpaired) electrons. The number of aromatic hydroxyl groups is 1. The molecule has 4 nitrogen and oxygen atoms in total. The van der Waals surface area contributed by atoms with Gasteiger partial charge in [0, 0.05) is 5.56 Å². The molecule has 0 amide bonds. The minimum atomic E-state index is -0.627. The fourth-order valence-electron chi connectivity index (χ4n) is 2.79. The van der Waals surface area contributed by atoms with E-state index in [1.807, 2.05) is 36.4 Å². The van der Waals surface area contributed by atoms with E-state index < -0.39 is 5.54 Å². The predicted molar refractivity (Wildman–Crippen MR) is 82.5 cm³/mol. The summed E-state index contributed by atoms with van der Waals surface area (Å²) in [7, 11) is 0. The van der Waals surface area contributed by atoms with Crippen molar-refractivity contribution in [2.75, 3.05) is 0 Å². The highest BCUT2D eigenvalue weighted by atomic mass is 16.5. The zero-order chi connectivity index (χ0) is 15.4. The van der Waals surface area contributed by atoms with Gasteiger partial charge in [0.15, 0.2) is 11.5 Å². The summed E-state index contributed by atoms with van der Waals surface area (Å²) in [6.45, 7) is 0.377. The Labute approximate surface area is 129 Å². The molecule has 1 aliphatic carbocycles. The topological polar surface area (TPSA) is 58.9 Å². The maximum Gasteiger partial charge on any atom is 0.235 e. The summed E-state index contributed by atoms with van der Waals surface area (Å²) in [5, 5.41) is 10.5. The predicted octanol–water partition coefficient (Wildman–Crippen LogP) is 3.69. The van der Waals surface area contributed by atoms with Crippen LogP contribution >= 0.6 is 0 Å². The van der Waals surface area contributed by atoms with E-state index >= 15 is 0 Å². The number of rotatable bonds is 5. The Morgan fingerprint density at radius 3 is 2.55 bits per heavy atom. The maximum absolute atomic E-state index is 10.7. The highest BCUT2D eigenvalue weighted by molar-refractivity contribution is 5.51. The summed E-state index contributed by atoms with van der Waals surface area (Å²) in [4.78, 5) is 14.6. The first-order chi connectivity index (χ1) is 10.7. The van der Waals surface area contributed by atoms with Crippen LogP contribution in [0.25, 0.3) is 0 Å². The summed E-state index contributed by atoms with van der Waals surface area (Å²) >= 11 is 0. The highest BCUT2D eigenvalue weighted by Crippen LogP contribution is 2.49. The van der Waals surface area contributed by atoms with Crippen LogP contribution < -0.4 is 4.74 Å². The number of nitrogens with zero attached hydrogens (tertiary/aromatic N) is 1. The number of aliphatic imine (C=N–C) groups is 1. The second kappa shape index (κ2) is 6.04. The van der Waals surface area contributed by atoms with Gasteiger partial charge < -0.3 is 9.84 Å². The fraction of sp³-hybridized carbons (Fsp3) is 0.278. The van der Waals surface area contributed by atoms with Crippen molar-refractivity contribution < 1.29 is 14.6 Å². The Morgan fingerprint density at radius 2 is 1.91 bits per heavy atom. The van der Waals surface area contributed by atoms with E-state index in [2.05, 4.69) is 4.99 Å². The highest BCUT2D eigenvalue weighted by Gasteiger charge is 2.41. The van der Waals surface area contributed by atoms with E-state index in [0.717, 1.165) is 24.8 Å². The molecule has 0 spiro atoms. The average Bonchev–Trinajstić information content (AvgIpc) is 2.51. The number of benzene rings is 2. The number of hydrogen-bond donors (Lipinski definition) is 1. The summed E-state index contributed by atoms with van der Waals surface area (Å²) in [5.41, 5.74) is 1.04. The van der Waals surface area contributed by atoms with Gasteiger partial charge in [-0.1, -0.05) is 42.5 Å². The summed E-state index contributed by atoms with van der Waals surface area (Å²) in [6.07, 6.45) is 4.12. The molecule has 0 atom stereocenters. The molecule has 0 bridgehead atoms. The van der Waals surface area contributed by atoms with E-state index in [4.69, 9.17) is 4.74 Å². The second-order valence-corrected chi connectivity index (χ2v) is 5.51. The van der Waals surface area contributed by atoms with Gasteiger partial charge in [-0.05, 0) is 30.9 Å². The van der Waals surface area contributed by atoms with Gasteiger partial charge in [-0.3, -0.25) is 0 Å². The quantitative estimate of drug-likeness (QED) is 0.676. The Kier molecular flexibility index (Phi) is 3.94. The van der Waals surface area contributed by atoms with Crippen LogP contribution in [0.5, 0.6) is 11.5 Å². The molecule has 2 aromatic rings. The molecule has 3 rings (SSSR count). The van der Waals surface area contributed by atoms with Crippen molar-refractivity contribution in [2.24, 2.45) is 4.99 Å². The zero-order valence-corrected chi connectivity index (χ0v) is 12.2. The third kappa shape index (κ3) is 2.61. The lowest BCUT2D eigenvalue weighted by atomic mass is 9.72. The number of isocyanates is 1. The van der Waals surface area contributed by atoms with E-state index in [9.17, 15) is 9.90 Å². The van der Waals surface area contributed by atoms with Crippen LogP contribution in [0.3, 0.4) is 0 Å². The van der Waals surface area contributed by atoms with Crippen molar-refractivity contribution in [3.05, 3.63) is 59.7 Å². The first kappa shape index (κ1) is 14.4. The first-order valence-electron chi connectivity index (χ1n) is 7.33. The Bertz CT molecular complexity index is 702. The van der Waals surface area contributed by atoms with Crippen molar-refractivity contribution >= 4 is 6.08 Å². The van der Waals surface area contributed by atoms with Crippen molar-refractivity contribution in [1.82, 2.24) is 0 Å². The standard InChI is InChI=1S/C18H17NO3/c20-13-19-18(10-5-11-18)15-8-4-9-16(17(15)21)22-12-14-6-2-1-3-7-14/h1-4,6-9,21H,5,10-12H2. The van der Waals surface area contributed by atoms with Crippen LogP contribution in [0, 0.1) is 0 Å². The molecule has 1 N–H and O–H groups in total. The van der Waals surface area contributed by atoms with Gasteiger partial charge >= 0.3 is 0 Å². The van der Waals surface area contributed by atoms with Crippen LogP contribution in [0.15, 0.2) is 53.5 Å². The molecule has 0 saturated heterocycles. The minimum absolute atomic E-state index is 0.0668. The Hall–Kier alpha value is -2.58. The summed E-state index contributed by atoms with van der Waals surface area (Å²) in [5.74, 6) is 0.478. The van der Waals surface area contributed by atoms with Crippen LogP contribution in [-0.2, 0) is 16.9 Å². The van der Waals surface area contributed by atoms with Crippen molar-refractivity contribution in [3.8, 4) is 11.5 Å². The van der Waals surface area contributed by atoms with Crippen LogP contribution in [-0.4, -0.2) is 11.2 Å². The van der Waals surface area contributed by atoms with Crippen LogP contribution in [0.4, 0.5) is 0 Å². The summed E-state index contributed by atoms with van der Waals surface area (Å²) in [6, 6.07) is 15.1. The third-order valence-electron chi connectivity index (χ3n) is 4.18. The fourth-order valence-corrected chi connectivity index (χ4v) is 2.79. The van der Waals surface area contributed by atoms with Gasteiger partial charge in [0.1, 0.15) is 12.1 Å². The number of ether oxygens (including phenoxy) is 1. The second-order valence-electron chi connectivity index (χ2n) is 5.51. The van der Waals surface area contributed by atoms with E-state index in [-0.39, 0.29) is 5.75 Å². The number of phenolic OH excluding ortho intramolecular Hbond substituents is 1. The molecule has 0 aromatic heterocycles. The molecule has 1 fully saturated rings. The molecule has 0 heterocycles. The number of phenols is 1. The first-order valence-corrected chi connectivity index (χ1v) is 7.33. The van der Waals surface area contributed by atoms with Crippen molar-refractivity contribution in [2.45, 2.75) is 31.4 Å². The van der Waals surface area contributed by atoms with E-state index in [1.54, 1.807) is 18.2 Å². The van der Waals surface area contributed by atoms with Gasteiger partial charge in [0.25, 0.3) is 0 Å².